The molecule has 0 spiro atoms. The van der Waals surface area contributed by atoms with Crippen LogP contribution < -0.4 is 9.47 Å². The van der Waals surface area contributed by atoms with Crippen LogP contribution in [0.2, 0.25) is 0 Å². The van der Waals surface area contributed by atoms with Crippen molar-refractivity contribution in [2.75, 3.05) is 20.3 Å². The molecule has 0 saturated heterocycles. The molecule has 0 bridgehead atoms. The summed E-state index contributed by atoms with van der Waals surface area (Å²) in [7, 11) is 3.39. The predicted octanol–water partition coefficient (Wildman–Crippen LogP) is 2.40. The first kappa shape index (κ1) is 19.6. The van der Waals surface area contributed by atoms with Crippen molar-refractivity contribution in [1.29, 1.82) is 5.26 Å². The maximum absolute atomic E-state index is 9.58. The van der Waals surface area contributed by atoms with Crippen LogP contribution in [0.3, 0.4) is 0 Å². The van der Waals surface area contributed by atoms with E-state index in [0.717, 1.165) is 27.5 Å². The van der Waals surface area contributed by atoms with Gasteiger partial charge in [-0.3, -0.25) is 9.67 Å². The summed E-state index contributed by atoms with van der Waals surface area (Å²) in [6, 6.07) is 13.0. The highest BCUT2D eigenvalue weighted by Gasteiger charge is 2.18. The topological polar surface area (TPSA) is 113 Å². The Morgan fingerprint density at radius 1 is 1.20 bits per heavy atom. The second-order valence-corrected chi connectivity index (χ2v) is 6.85. The Labute approximate surface area is 172 Å². The molecule has 2 N–H and O–H groups in total. The average Bonchev–Trinajstić information content (AvgIpc) is 3.13. The molecule has 0 saturated carbocycles. The lowest BCUT2D eigenvalue weighted by Gasteiger charge is -2.14. The largest absolute Gasteiger partial charge is 0.493 e. The zero-order valence-electron chi connectivity index (χ0n) is 16.5. The third kappa shape index (κ3) is 3.41. The molecule has 4 aromatic rings. The van der Waals surface area contributed by atoms with Gasteiger partial charge in [-0.05, 0) is 18.2 Å². The molecule has 0 aliphatic rings. The van der Waals surface area contributed by atoms with E-state index in [9.17, 15) is 5.11 Å². The van der Waals surface area contributed by atoms with Gasteiger partial charge in [-0.25, -0.2) is 0 Å². The summed E-state index contributed by atoms with van der Waals surface area (Å²) in [6.45, 7) is -0.456. The summed E-state index contributed by atoms with van der Waals surface area (Å²) in [4.78, 5) is 4.54. The van der Waals surface area contributed by atoms with Crippen molar-refractivity contribution in [3.63, 3.8) is 0 Å². The molecule has 0 radical (unpaired) electrons. The highest BCUT2D eigenvalue weighted by Crippen LogP contribution is 2.38. The van der Waals surface area contributed by atoms with Gasteiger partial charge in [-0.2, -0.15) is 10.4 Å². The summed E-state index contributed by atoms with van der Waals surface area (Å²) in [5.41, 5.74) is 3.78. The molecule has 1 unspecified atom stereocenters. The van der Waals surface area contributed by atoms with E-state index in [-0.39, 0.29) is 6.61 Å². The van der Waals surface area contributed by atoms with E-state index in [1.165, 1.54) is 7.11 Å². The van der Waals surface area contributed by atoms with E-state index < -0.39 is 12.7 Å². The van der Waals surface area contributed by atoms with Crippen LogP contribution >= 0.6 is 0 Å². The van der Waals surface area contributed by atoms with Gasteiger partial charge in [0.25, 0.3) is 0 Å². The van der Waals surface area contributed by atoms with Crippen molar-refractivity contribution in [2.45, 2.75) is 6.10 Å². The molecule has 2 heterocycles. The van der Waals surface area contributed by atoms with Gasteiger partial charge in [0.05, 0.1) is 42.6 Å². The van der Waals surface area contributed by atoms with E-state index in [1.807, 2.05) is 25.2 Å². The van der Waals surface area contributed by atoms with Gasteiger partial charge in [0, 0.05) is 29.4 Å². The third-order valence-corrected chi connectivity index (χ3v) is 4.90. The van der Waals surface area contributed by atoms with Gasteiger partial charge >= 0.3 is 0 Å². The summed E-state index contributed by atoms with van der Waals surface area (Å²) >= 11 is 0. The van der Waals surface area contributed by atoms with Crippen LogP contribution in [-0.4, -0.2) is 51.4 Å². The minimum Gasteiger partial charge on any atom is -0.493 e. The molecule has 152 valence electrons. The number of benzene rings is 2. The zero-order valence-corrected chi connectivity index (χ0v) is 16.5. The molecule has 0 fully saturated rings. The fourth-order valence-electron chi connectivity index (χ4n) is 3.35. The molecule has 0 amide bonds. The zero-order chi connectivity index (χ0) is 21.3. The quantitative estimate of drug-likeness (QED) is 0.507. The van der Waals surface area contributed by atoms with Gasteiger partial charge in [0.1, 0.15) is 18.4 Å². The number of nitriles is 1. The Hall–Kier alpha value is -3.67. The molecule has 2 aromatic carbocycles. The number of rotatable bonds is 6. The highest BCUT2D eigenvalue weighted by atomic mass is 16.5. The van der Waals surface area contributed by atoms with Crippen LogP contribution in [0.15, 0.2) is 42.6 Å². The third-order valence-electron chi connectivity index (χ3n) is 4.90. The standard InChI is InChI=1S/C22H20N4O4/c1-26-18-10-24-17-8-20(30-12-15(28)11-27)19(29-2)7-16(17)21(18)22(25-26)14-5-3-13(9-23)4-6-14/h3-8,10,15,27-28H,11-12H2,1-2H3. The Balaban J connectivity index is 1.90. The summed E-state index contributed by atoms with van der Waals surface area (Å²) in [5, 5.41) is 34.1. The predicted molar refractivity (Wildman–Crippen MR) is 111 cm³/mol. The number of pyridine rings is 1. The number of hydrogen-bond acceptors (Lipinski definition) is 7. The average molecular weight is 404 g/mol. The molecule has 2 aromatic heterocycles. The molecule has 8 nitrogen and oxygen atoms in total. The lowest BCUT2D eigenvalue weighted by molar-refractivity contribution is 0.0528. The number of aliphatic hydroxyl groups excluding tert-OH is 2. The van der Waals surface area contributed by atoms with Crippen LogP contribution in [0.25, 0.3) is 33.1 Å². The number of aliphatic hydroxyl groups is 2. The van der Waals surface area contributed by atoms with E-state index in [4.69, 9.17) is 19.8 Å². The second kappa shape index (κ2) is 7.99. The SMILES string of the molecule is COc1cc2c(cc1OCC(O)CO)ncc1c2c(-c2ccc(C#N)cc2)nn1C. The van der Waals surface area contributed by atoms with Crippen LogP contribution in [0.1, 0.15) is 5.56 Å². The van der Waals surface area contributed by atoms with E-state index >= 15 is 0 Å². The van der Waals surface area contributed by atoms with Gasteiger partial charge in [-0.15, -0.1) is 0 Å². The fourth-order valence-corrected chi connectivity index (χ4v) is 3.35. The summed E-state index contributed by atoms with van der Waals surface area (Å²) in [6.07, 6.45) is 0.763. The number of ether oxygens (including phenoxy) is 2. The molecule has 0 aliphatic heterocycles. The molecule has 1 atom stereocenters. The van der Waals surface area contributed by atoms with E-state index in [1.54, 1.807) is 29.1 Å². The number of aromatic nitrogens is 3. The second-order valence-electron chi connectivity index (χ2n) is 6.85. The number of aryl methyl sites for hydroxylation is 1. The minimum absolute atomic E-state index is 0.0655. The summed E-state index contributed by atoms with van der Waals surface area (Å²) in [5.74, 6) is 0.907. The molecule has 0 aliphatic carbocycles. The first-order valence-electron chi connectivity index (χ1n) is 9.31. The summed E-state index contributed by atoms with van der Waals surface area (Å²) < 4.78 is 12.9. The smallest absolute Gasteiger partial charge is 0.163 e. The maximum atomic E-state index is 9.58. The van der Waals surface area contributed by atoms with Crippen LogP contribution in [-0.2, 0) is 7.05 Å². The van der Waals surface area contributed by atoms with Gasteiger partial charge < -0.3 is 19.7 Å². The molecule has 30 heavy (non-hydrogen) atoms. The lowest BCUT2D eigenvalue weighted by atomic mass is 10.0. The Morgan fingerprint density at radius 3 is 2.63 bits per heavy atom. The Bertz CT molecular complexity index is 1260. The lowest BCUT2D eigenvalue weighted by Crippen LogP contribution is -2.21. The fraction of sp³-hybridized carbons (Fsp3) is 0.227. The Kier molecular flexibility index (Phi) is 5.23. The highest BCUT2D eigenvalue weighted by molar-refractivity contribution is 6.11. The van der Waals surface area contributed by atoms with Crippen molar-refractivity contribution < 1.29 is 19.7 Å². The van der Waals surface area contributed by atoms with Crippen molar-refractivity contribution in [3.8, 4) is 28.8 Å². The van der Waals surface area contributed by atoms with Crippen molar-refractivity contribution >= 4 is 21.8 Å². The number of hydrogen-bond donors (Lipinski definition) is 2. The number of nitrogens with zero attached hydrogens (tertiary/aromatic N) is 4. The van der Waals surface area contributed by atoms with Crippen LogP contribution in [0.5, 0.6) is 11.5 Å². The maximum Gasteiger partial charge on any atom is 0.163 e. The van der Waals surface area contributed by atoms with Crippen molar-refractivity contribution in [2.24, 2.45) is 7.05 Å². The van der Waals surface area contributed by atoms with E-state index in [0.29, 0.717) is 22.6 Å². The van der Waals surface area contributed by atoms with Crippen molar-refractivity contribution in [1.82, 2.24) is 14.8 Å². The monoisotopic (exact) mass is 404 g/mol. The number of methoxy groups -OCH3 is 1. The van der Waals surface area contributed by atoms with E-state index in [2.05, 4.69) is 16.2 Å². The van der Waals surface area contributed by atoms with Crippen molar-refractivity contribution in [3.05, 3.63) is 48.2 Å². The first-order chi connectivity index (χ1) is 14.5. The van der Waals surface area contributed by atoms with Gasteiger partial charge in [0.15, 0.2) is 11.5 Å². The first-order valence-corrected chi connectivity index (χ1v) is 9.31. The van der Waals surface area contributed by atoms with Crippen LogP contribution in [0.4, 0.5) is 0 Å². The molecule has 8 heteroatoms. The van der Waals surface area contributed by atoms with Crippen LogP contribution in [0, 0.1) is 11.3 Å². The van der Waals surface area contributed by atoms with Gasteiger partial charge in [-0.1, -0.05) is 12.1 Å². The molecular weight excluding hydrogens is 384 g/mol. The molecule has 4 rings (SSSR count). The van der Waals surface area contributed by atoms with Gasteiger partial charge in [0.2, 0.25) is 0 Å². The minimum atomic E-state index is -0.984. The Morgan fingerprint density at radius 2 is 1.97 bits per heavy atom. The molecular formula is C22H20N4O4. The number of fused-ring (bicyclic) bond motifs is 3. The normalized spacial score (nSPS) is 12.1.